The van der Waals surface area contributed by atoms with Crippen LogP contribution in [0.2, 0.25) is 0 Å². The highest BCUT2D eigenvalue weighted by molar-refractivity contribution is 5.76. The molecule has 1 heterocycles. The van der Waals surface area contributed by atoms with E-state index < -0.39 is 0 Å². The van der Waals surface area contributed by atoms with Crippen molar-refractivity contribution in [3.8, 4) is 0 Å². The van der Waals surface area contributed by atoms with Gasteiger partial charge in [0.25, 0.3) is 0 Å². The van der Waals surface area contributed by atoms with Gasteiger partial charge in [0.05, 0.1) is 0 Å². The van der Waals surface area contributed by atoms with Crippen molar-refractivity contribution in [1.29, 1.82) is 0 Å². The molecule has 0 atom stereocenters. The molecule has 0 aromatic heterocycles. The summed E-state index contributed by atoms with van der Waals surface area (Å²) in [4.78, 5) is 14.4. The van der Waals surface area contributed by atoms with Crippen LogP contribution in [0.3, 0.4) is 0 Å². The van der Waals surface area contributed by atoms with Gasteiger partial charge in [0.15, 0.2) is 0 Å². The summed E-state index contributed by atoms with van der Waals surface area (Å²) in [7, 11) is 0. The Morgan fingerprint density at radius 3 is 2.71 bits per heavy atom. The lowest BCUT2D eigenvalue weighted by molar-refractivity contribution is -0.132. The van der Waals surface area contributed by atoms with Gasteiger partial charge >= 0.3 is 0 Å². The number of nitrogens with zero attached hydrogens (tertiary/aromatic N) is 1. The van der Waals surface area contributed by atoms with Gasteiger partial charge in [0.1, 0.15) is 0 Å². The van der Waals surface area contributed by atoms with Gasteiger partial charge in [-0.25, -0.2) is 0 Å². The molecule has 1 aliphatic heterocycles. The number of benzene rings is 1. The summed E-state index contributed by atoms with van der Waals surface area (Å²) >= 11 is 0. The van der Waals surface area contributed by atoms with Crippen molar-refractivity contribution in [3.05, 3.63) is 35.4 Å². The van der Waals surface area contributed by atoms with Crippen LogP contribution in [-0.2, 0) is 17.8 Å². The normalized spacial score (nSPS) is 19.3. The number of nitrogens with one attached hydrogen (secondary N) is 1. The van der Waals surface area contributed by atoms with Gasteiger partial charge in [-0.15, -0.1) is 0 Å². The maximum atomic E-state index is 12.3. The summed E-state index contributed by atoms with van der Waals surface area (Å²) in [5.41, 5.74) is 2.72. The van der Waals surface area contributed by atoms with Gasteiger partial charge in [-0.1, -0.05) is 43.5 Å². The molecule has 1 N–H and O–H groups in total. The van der Waals surface area contributed by atoms with Crippen LogP contribution in [0.5, 0.6) is 0 Å². The largest absolute Gasteiger partial charge is 0.338 e. The van der Waals surface area contributed by atoms with E-state index in [9.17, 15) is 4.79 Å². The third-order valence-electron chi connectivity index (χ3n) is 4.86. The number of fused-ring (bicyclic) bond motifs is 1. The first-order valence-electron chi connectivity index (χ1n) is 8.41. The van der Waals surface area contributed by atoms with E-state index in [-0.39, 0.29) is 0 Å². The van der Waals surface area contributed by atoms with E-state index >= 15 is 0 Å². The van der Waals surface area contributed by atoms with Crippen LogP contribution >= 0.6 is 0 Å². The zero-order chi connectivity index (χ0) is 14.5. The van der Waals surface area contributed by atoms with E-state index in [2.05, 4.69) is 29.6 Å². The van der Waals surface area contributed by atoms with Crippen LogP contribution in [0, 0.1) is 0 Å². The van der Waals surface area contributed by atoms with Gasteiger partial charge in [-0.3, -0.25) is 4.79 Å². The molecule has 1 fully saturated rings. The maximum Gasteiger partial charge on any atom is 0.224 e. The second-order valence-corrected chi connectivity index (χ2v) is 6.37. The number of rotatable bonds is 4. The average molecular weight is 286 g/mol. The van der Waals surface area contributed by atoms with Crippen molar-refractivity contribution in [2.75, 3.05) is 13.1 Å². The van der Waals surface area contributed by atoms with E-state index in [0.717, 1.165) is 26.1 Å². The Balaban J connectivity index is 1.44. The monoisotopic (exact) mass is 286 g/mol. The molecule has 1 aromatic carbocycles. The van der Waals surface area contributed by atoms with E-state index in [1.54, 1.807) is 0 Å². The first-order valence-corrected chi connectivity index (χ1v) is 8.41. The van der Waals surface area contributed by atoms with Gasteiger partial charge in [0, 0.05) is 32.1 Å². The highest BCUT2D eigenvalue weighted by Crippen LogP contribution is 2.19. The SMILES string of the molecule is O=C(CCNC1CCCCC1)N1CCc2ccccc2C1. The van der Waals surface area contributed by atoms with Gasteiger partial charge < -0.3 is 10.2 Å². The Kier molecular flexibility index (Phi) is 4.91. The summed E-state index contributed by atoms with van der Waals surface area (Å²) in [6.07, 6.45) is 8.26. The first-order chi connectivity index (χ1) is 10.3. The van der Waals surface area contributed by atoms with E-state index in [0.29, 0.717) is 18.4 Å². The highest BCUT2D eigenvalue weighted by atomic mass is 16.2. The second kappa shape index (κ2) is 7.08. The Bertz CT molecular complexity index is 480. The van der Waals surface area contributed by atoms with Crippen LogP contribution in [-0.4, -0.2) is 29.9 Å². The van der Waals surface area contributed by atoms with Gasteiger partial charge in [-0.2, -0.15) is 0 Å². The van der Waals surface area contributed by atoms with Crippen LogP contribution in [0.15, 0.2) is 24.3 Å². The zero-order valence-electron chi connectivity index (χ0n) is 12.8. The Morgan fingerprint density at radius 1 is 1.14 bits per heavy atom. The summed E-state index contributed by atoms with van der Waals surface area (Å²) in [6, 6.07) is 9.13. The molecular weight excluding hydrogens is 260 g/mol. The van der Waals surface area contributed by atoms with Crippen LogP contribution in [0.1, 0.15) is 49.7 Å². The van der Waals surface area contributed by atoms with E-state index in [1.807, 2.05) is 4.90 Å². The lowest BCUT2D eigenvalue weighted by Gasteiger charge is -2.29. The average Bonchev–Trinajstić information content (AvgIpc) is 2.55. The molecule has 0 unspecified atom stereocenters. The van der Waals surface area contributed by atoms with Crippen molar-refractivity contribution in [2.45, 2.75) is 57.5 Å². The van der Waals surface area contributed by atoms with Crippen LogP contribution in [0.4, 0.5) is 0 Å². The fourth-order valence-electron chi connectivity index (χ4n) is 3.56. The molecule has 1 aromatic rings. The summed E-state index contributed by atoms with van der Waals surface area (Å²) in [5.74, 6) is 0.299. The van der Waals surface area contributed by atoms with Gasteiger partial charge in [0.2, 0.25) is 5.91 Å². The predicted octanol–water partition coefficient (Wildman–Crippen LogP) is 2.88. The molecule has 0 radical (unpaired) electrons. The minimum Gasteiger partial charge on any atom is -0.338 e. The third-order valence-corrected chi connectivity index (χ3v) is 4.86. The lowest BCUT2D eigenvalue weighted by atomic mass is 9.95. The molecule has 114 valence electrons. The van der Waals surface area contributed by atoms with Crippen LogP contribution in [0.25, 0.3) is 0 Å². The Morgan fingerprint density at radius 2 is 1.90 bits per heavy atom. The molecule has 3 heteroatoms. The number of amides is 1. The smallest absolute Gasteiger partial charge is 0.224 e. The predicted molar refractivity (Wildman–Crippen MR) is 85.1 cm³/mol. The molecule has 0 spiro atoms. The van der Waals surface area contributed by atoms with Crippen molar-refractivity contribution in [1.82, 2.24) is 10.2 Å². The van der Waals surface area contributed by atoms with Gasteiger partial charge in [-0.05, 0) is 30.4 Å². The summed E-state index contributed by atoms with van der Waals surface area (Å²) < 4.78 is 0. The molecule has 0 bridgehead atoms. The Labute approximate surface area is 127 Å². The van der Waals surface area contributed by atoms with Crippen molar-refractivity contribution < 1.29 is 4.79 Å². The molecule has 1 saturated carbocycles. The number of hydrogen-bond donors (Lipinski definition) is 1. The molecule has 21 heavy (non-hydrogen) atoms. The number of hydrogen-bond acceptors (Lipinski definition) is 2. The zero-order valence-corrected chi connectivity index (χ0v) is 12.8. The van der Waals surface area contributed by atoms with Crippen molar-refractivity contribution in [2.24, 2.45) is 0 Å². The number of carbonyl (C=O) groups excluding carboxylic acids is 1. The minimum absolute atomic E-state index is 0.299. The van der Waals surface area contributed by atoms with Crippen molar-refractivity contribution in [3.63, 3.8) is 0 Å². The molecule has 2 aliphatic rings. The molecule has 3 rings (SSSR count). The fraction of sp³-hybridized carbons (Fsp3) is 0.611. The summed E-state index contributed by atoms with van der Waals surface area (Å²) in [6.45, 7) is 2.50. The molecule has 1 aliphatic carbocycles. The Hall–Kier alpha value is -1.35. The quantitative estimate of drug-likeness (QED) is 0.923. The summed E-state index contributed by atoms with van der Waals surface area (Å²) in [5, 5.41) is 3.56. The highest BCUT2D eigenvalue weighted by Gasteiger charge is 2.20. The molecule has 1 amide bonds. The van der Waals surface area contributed by atoms with E-state index in [4.69, 9.17) is 0 Å². The van der Waals surface area contributed by atoms with Crippen molar-refractivity contribution >= 4 is 5.91 Å². The minimum atomic E-state index is 0.299. The maximum absolute atomic E-state index is 12.3. The fourth-order valence-corrected chi connectivity index (χ4v) is 3.56. The molecule has 3 nitrogen and oxygen atoms in total. The van der Waals surface area contributed by atoms with Crippen LogP contribution < -0.4 is 5.32 Å². The molecular formula is C18H26N2O. The number of carbonyl (C=O) groups is 1. The topological polar surface area (TPSA) is 32.3 Å². The lowest BCUT2D eigenvalue weighted by Crippen LogP contribution is -2.39. The molecule has 0 saturated heterocycles. The van der Waals surface area contributed by atoms with E-state index in [1.165, 1.54) is 43.2 Å². The first kappa shape index (κ1) is 14.6. The standard InChI is InChI=1S/C18H26N2O/c21-18(10-12-19-17-8-2-1-3-9-17)20-13-11-15-6-4-5-7-16(15)14-20/h4-7,17,19H,1-3,8-14H2. The third kappa shape index (κ3) is 3.85. The second-order valence-electron chi connectivity index (χ2n) is 6.37.